The molecule has 1 amide bonds. The number of piperidine rings is 1. The Labute approximate surface area is 163 Å². The second-order valence-electron chi connectivity index (χ2n) is 6.85. The normalized spacial score (nSPS) is 16.5. The quantitative estimate of drug-likeness (QED) is 0.759. The molecule has 1 unspecified atom stereocenters. The number of pyridine rings is 1. The predicted molar refractivity (Wildman–Crippen MR) is 105 cm³/mol. The Morgan fingerprint density at radius 1 is 1.18 bits per heavy atom. The molecule has 3 aromatic rings. The summed E-state index contributed by atoms with van der Waals surface area (Å²) in [6, 6.07) is 17.2. The average Bonchev–Trinajstić information content (AvgIpc) is 3.20. The number of primary amides is 1. The van der Waals surface area contributed by atoms with Crippen molar-refractivity contribution >= 4 is 11.7 Å². The molecule has 2 N–H and O–H groups in total. The molecule has 1 fully saturated rings. The summed E-state index contributed by atoms with van der Waals surface area (Å²) in [6.07, 6.45) is 3.57. The fourth-order valence-electron chi connectivity index (χ4n) is 3.66. The van der Waals surface area contributed by atoms with Crippen molar-refractivity contribution in [3.05, 3.63) is 71.7 Å². The molecule has 1 saturated heterocycles. The lowest BCUT2D eigenvalue weighted by Crippen LogP contribution is -2.35. The van der Waals surface area contributed by atoms with Crippen molar-refractivity contribution in [2.24, 2.45) is 5.73 Å². The monoisotopic (exact) mass is 372 g/mol. The smallest absolute Gasteiger partial charge is 0.252 e. The van der Waals surface area contributed by atoms with E-state index in [1.54, 1.807) is 16.9 Å². The van der Waals surface area contributed by atoms with Gasteiger partial charge in [-0.2, -0.15) is 10.4 Å². The van der Waals surface area contributed by atoms with E-state index in [0.717, 1.165) is 36.6 Å². The Morgan fingerprint density at radius 2 is 2.00 bits per heavy atom. The Hall–Kier alpha value is -3.66. The summed E-state index contributed by atoms with van der Waals surface area (Å²) < 4.78 is 1.71. The fraction of sp³-hybridized carbons (Fsp3) is 0.238. The maximum atomic E-state index is 12.1. The van der Waals surface area contributed by atoms with Gasteiger partial charge in [-0.25, -0.2) is 9.67 Å². The molecular formula is C21H20N6O. The molecule has 1 aliphatic rings. The number of anilines is 1. The SMILES string of the molecule is N#Cc1cccc(N2CCCC(c3nn(-c4ccccc4)cc3C(N)=O)C2)n1. The molecule has 0 spiro atoms. The third-order valence-corrected chi connectivity index (χ3v) is 5.01. The zero-order valence-electron chi connectivity index (χ0n) is 15.3. The molecule has 0 aliphatic carbocycles. The lowest BCUT2D eigenvalue weighted by molar-refractivity contribution is 0.0999. The summed E-state index contributed by atoms with van der Waals surface area (Å²) >= 11 is 0. The van der Waals surface area contributed by atoms with Gasteiger partial charge in [0, 0.05) is 25.2 Å². The van der Waals surface area contributed by atoms with Crippen LogP contribution >= 0.6 is 0 Å². The number of nitrogens with two attached hydrogens (primary N) is 1. The highest BCUT2D eigenvalue weighted by Gasteiger charge is 2.28. The molecule has 1 atom stereocenters. The predicted octanol–water partition coefficient (Wildman–Crippen LogP) is 2.62. The molecule has 7 heteroatoms. The third kappa shape index (κ3) is 3.45. The second-order valence-corrected chi connectivity index (χ2v) is 6.85. The summed E-state index contributed by atoms with van der Waals surface area (Å²) in [5, 5.41) is 13.8. The van der Waals surface area contributed by atoms with Crippen molar-refractivity contribution in [3.63, 3.8) is 0 Å². The molecular weight excluding hydrogens is 352 g/mol. The van der Waals surface area contributed by atoms with Crippen LogP contribution in [0.15, 0.2) is 54.7 Å². The number of hydrogen-bond acceptors (Lipinski definition) is 5. The van der Waals surface area contributed by atoms with Crippen LogP contribution < -0.4 is 10.6 Å². The van der Waals surface area contributed by atoms with Crippen molar-refractivity contribution in [2.45, 2.75) is 18.8 Å². The van der Waals surface area contributed by atoms with Gasteiger partial charge < -0.3 is 10.6 Å². The lowest BCUT2D eigenvalue weighted by atomic mass is 9.92. The number of aromatic nitrogens is 3. The number of nitrogens with zero attached hydrogens (tertiary/aromatic N) is 5. The molecule has 3 heterocycles. The molecule has 4 rings (SSSR count). The Bertz CT molecular complexity index is 1040. The van der Waals surface area contributed by atoms with Gasteiger partial charge in [0.05, 0.1) is 16.9 Å². The minimum absolute atomic E-state index is 0.0637. The van der Waals surface area contributed by atoms with Gasteiger partial charge in [0.2, 0.25) is 0 Å². The topological polar surface area (TPSA) is 101 Å². The first-order valence-corrected chi connectivity index (χ1v) is 9.22. The largest absolute Gasteiger partial charge is 0.365 e. The third-order valence-electron chi connectivity index (χ3n) is 5.01. The van der Waals surface area contributed by atoms with Crippen molar-refractivity contribution in [1.29, 1.82) is 5.26 Å². The van der Waals surface area contributed by atoms with Crippen molar-refractivity contribution < 1.29 is 4.79 Å². The van der Waals surface area contributed by atoms with Gasteiger partial charge in [0.1, 0.15) is 17.6 Å². The van der Waals surface area contributed by atoms with Gasteiger partial charge in [-0.3, -0.25) is 4.79 Å². The first kappa shape index (κ1) is 17.7. The molecule has 28 heavy (non-hydrogen) atoms. The molecule has 1 aliphatic heterocycles. The molecule has 7 nitrogen and oxygen atoms in total. The molecule has 1 aromatic carbocycles. The second kappa shape index (κ2) is 7.53. The van der Waals surface area contributed by atoms with Crippen molar-refractivity contribution in [1.82, 2.24) is 14.8 Å². The van der Waals surface area contributed by atoms with Gasteiger partial charge in [0.15, 0.2) is 0 Å². The standard InChI is InChI=1S/C21H20N6O/c22-12-16-7-4-10-19(24-16)26-11-5-6-15(13-26)20-18(21(23)28)14-27(25-20)17-8-2-1-3-9-17/h1-4,7-10,14-15H,5-6,11,13H2,(H2,23,28). The Morgan fingerprint density at radius 3 is 2.75 bits per heavy atom. The van der Waals surface area contributed by atoms with Gasteiger partial charge in [-0.1, -0.05) is 24.3 Å². The summed E-state index contributed by atoms with van der Waals surface area (Å²) in [4.78, 5) is 18.6. The van der Waals surface area contributed by atoms with Gasteiger partial charge in [-0.05, 0) is 37.1 Å². The summed E-state index contributed by atoms with van der Waals surface area (Å²) in [5.74, 6) is 0.361. The van der Waals surface area contributed by atoms with Crippen LogP contribution in [0.3, 0.4) is 0 Å². The first-order chi connectivity index (χ1) is 13.7. The van der Waals surface area contributed by atoms with E-state index in [1.165, 1.54) is 0 Å². The van der Waals surface area contributed by atoms with Crippen molar-refractivity contribution in [2.75, 3.05) is 18.0 Å². The highest BCUT2D eigenvalue weighted by molar-refractivity contribution is 5.94. The summed E-state index contributed by atoms with van der Waals surface area (Å²) in [6.45, 7) is 1.53. The van der Waals surface area contributed by atoms with E-state index in [-0.39, 0.29) is 5.92 Å². The van der Waals surface area contributed by atoms with Gasteiger partial charge >= 0.3 is 0 Å². The van der Waals surface area contributed by atoms with E-state index < -0.39 is 5.91 Å². The maximum absolute atomic E-state index is 12.1. The molecule has 140 valence electrons. The van der Waals surface area contributed by atoms with E-state index >= 15 is 0 Å². The van der Waals surface area contributed by atoms with E-state index in [4.69, 9.17) is 16.1 Å². The first-order valence-electron chi connectivity index (χ1n) is 9.22. The minimum atomic E-state index is -0.473. The number of para-hydroxylation sites is 1. The number of nitriles is 1. The molecule has 2 aromatic heterocycles. The van der Waals surface area contributed by atoms with Crippen LogP contribution in [0, 0.1) is 11.3 Å². The Balaban J connectivity index is 1.65. The van der Waals surface area contributed by atoms with Crippen LogP contribution in [-0.4, -0.2) is 33.8 Å². The average molecular weight is 372 g/mol. The van der Waals surface area contributed by atoms with Crippen molar-refractivity contribution in [3.8, 4) is 11.8 Å². The lowest BCUT2D eigenvalue weighted by Gasteiger charge is -2.33. The van der Waals surface area contributed by atoms with Crippen LogP contribution in [0.1, 0.15) is 40.5 Å². The maximum Gasteiger partial charge on any atom is 0.252 e. The number of hydrogen-bond donors (Lipinski definition) is 1. The highest BCUT2D eigenvalue weighted by atomic mass is 16.1. The molecule has 0 bridgehead atoms. The zero-order chi connectivity index (χ0) is 19.5. The number of carbonyl (C=O) groups excluding carboxylic acids is 1. The summed E-state index contributed by atoms with van der Waals surface area (Å²) in [5.41, 5.74) is 8.09. The highest BCUT2D eigenvalue weighted by Crippen LogP contribution is 2.31. The number of rotatable bonds is 4. The van der Waals surface area contributed by atoms with E-state index in [9.17, 15) is 4.79 Å². The van der Waals surface area contributed by atoms with Crippen LogP contribution in [-0.2, 0) is 0 Å². The minimum Gasteiger partial charge on any atom is -0.365 e. The number of benzene rings is 1. The van der Waals surface area contributed by atoms with Gasteiger partial charge in [0.25, 0.3) is 5.91 Å². The van der Waals surface area contributed by atoms with Crippen LogP contribution in [0.4, 0.5) is 5.82 Å². The Kier molecular flexibility index (Phi) is 4.77. The van der Waals surface area contributed by atoms with Crippen LogP contribution in [0.25, 0.3) is 5.69 Å². The molecule has 0 radical (unpaired) electrons. The number of carbonyl (C=O) groups is 1. The van der Waals surface area contributed by atoms with E-state index in [0.29, 0.717) is 17.8 Å². The van der Waals surface area contributed by atoms with Crippen LogP contribution in [0.5, 0.6) is 0 Å². The summed E-state index contributed by atoms with van der Waals surface area (Å²) in [7, 11) is 0. The van der Waals surface area contributed by atoms with Crippen LogP contribution in [0.2, 0.25) is 0 Å². The van der Waals surface area contributed by atoms with E-state index in [1.807, 2.05) is 42.5 Å². The van der Waals surface area contributed by atoms with E-state index in [2.05, 4.69) is 16.0 Å². The van der Waals surface area contributed by atoms with Gasteiger partial charge in [-0.15, -0.1) is 0 Å². The zero-order valence-corrected chi connectivity index (χ0v) is 15.3. The number of amides is 1. The molecule has 0 saturated carbocycles. The fourth-order valence-corrected chi connectivity index (χ4v) is 3.66.